The van der Waals surface area contributed by atoms with Crippen LogP contribution < -0.4 is 5.32 Å². The van der Waals surface area contributed by atoms with Crippen molar-refractivity contribution in [3.8, 4) is 0 Å². The average Bonchev–Trinajstić information content (AvgIpc) is 2.72. The van der Waals surface area contributed by atoms with Gasteiger partial charge in [-0.05, 0) is 31.4 Å². The first-order valence-corrected chi connectivity index (χ1v) is 12.2. The van der Waals surface area contributed by atoms with E-state index in [0.717, 1.165) is 0 Å². The molecule has 1 aliphatic carbocycles. The summed E-state index contributed by atoms with van der Waals surface area (Å²) in [6.07, 6.45) is -1.02. The highest BCUT2D eigenvalue weighted by Crippen LogP contribution is 2.45. The molecule has 2 unspecified atom stereocenters. The van der Waals surface area contributed by atoms with E-state index in [4.69, 9.17) is 11.6 Å². The number of ether oxygens (including phenoxy) is 1. The summed E-state index contributed by atoms with van der Waals surface area (Å²) in [6, 6.07) is 7.32. The highest BCUT2D eigenvalue weighted by Gasteiger charge is 2.47. The van der Waals surface area contributed by atoms with E-state index in [1.165, 1.54) is 23.4 Å². The van der Waals surface area contributed by atoms with Gasteiger partial charge in [0.15, 0.2) is 5.06 Å². The molecule has 1 aromatic carbocycles. The number of rotatable bonds is 6. The molecule has 2 aliphatic rings. The zero-order valence-electron chi connectivity index (χ0n) is 17.4. The summed E-state index contributed by atoms with van der Waals surface area (Å²) in [7, 11) is -3.61. The predicted molar refractivity (Wildman–Crippen MR) is 115 cm³/mol. The topological polar surface area (TPSA) is 75.7 Å². The summed E-state index contributed by atoms with van der Waals surface area (Å²) < 4.78 is 69.7. The number of benzene rings is 1. The summed E-state index contributed by atoms with van der Waals surface area (Å²) in [6.45, 7) is 1.72. The second kappa shape index (κ2) is 9.54. The molecule has 1 fully saturated rings. The number of carbonyl (C=O) groups excluding carboxylic acids is 1. The Morgan fingerprint density at radius 1 is 1.25 bits per heavy atom. The lowest BCUT2D eigenvalue weighted by atomic mass is 9.92. The van der Waals surface area contributed by atoms with Gasteiger partial charge in [-0.3, -0.25) is 9.53 Å². The van der Waals surface area contributed by atoms with Gasteiger partial charge in [0.25, 0.3) is 0 Å². The van der Waals surface area contributed by atoms with E-state index in [1.54, 1.807) is 30.3 Å². The molecule has 1 saturated heterocycles. The summed E-state index contributed by atoms with van der Waals surface area (Å²) in [5, 5.41) is 0.274. The maximum absolute atomic E-state index is 13.2. The molecule has 3 rings (SSSR count). The minimum Gasteiger partial charge on any atom is -0.328 e. The lowest BCUT2D eigenvalue weighted by Gasteiger charge is -2.36. The van der Waals surface area contributed by atoms with Crippen LogP contribution in [0.25, 0.3) is 5.57 Å². The molecule has 1 N–H and O–H groups in total. The van der Waals surface area contributed by atoms with Gasteiger partial charge in [0, 0.05) is 24.2 Å². The Hall–Kier alpha value is -1.88. The lowest BCUT2D eigenvalue weighted by Crippen LogP contribution is -2.52. The van der Waals surface area contributed by atoms with Crippen LogP contribution in [0.3, 0.4) is 0 Å². The van der Waals surface area contributed by atoms with Crippen LogP contribution in [0.2, 0.25) is 0 Å². The molecule has 176 valence electrons. The van der Waals surface area contributed by atoms with Crippen LogP contribution in [0.1, 0.15) is 38.2 Å². The first-order chi connectivity index (χ1) is 15.0. The number of nitrogens with zero attached hydrogens (tertiary/aromatic N) is 1. The summed E-state index contributed by atoms with van der Waals surface area (Å²) in [4.78, 5) is 12.9. The van der Waals surface area contributed by atoms with Gasteiger partial charge >= 0.3 is 6.36 Å². The third-order valence-corrected chi connectivity index (χ3v) is 7.69. The average molecular weight is 493 g/mol. The van der Waals surface area contributed by atoms with Crippen LogP contribution in [0.5, 0.6) is 0 Å². The molecule has 1 aromatic rings. The van der Waals surface area contributed by atoms with Crippen LogP contribution in [-0.4, -0.2) is 48.4 Å². The van der Waals surface area contributed by atoms with Crippen molar-refractivity contribution < 1.29 is 31.1 Å². The van der Waals surface area contributed by atoms with Crippen LogP contribution in [0, 0.1) is 0 Å². The Labute approximate surface area is 190 Å². The Morgan fingerprint density at radius 3 is 2.56 bits per heavy atom. The number of hydrogen-bond donors (Lipinski definition) is 1. The molecule has 1 amide bonds. The molecule has 32 heavy (non-hydrogen) atoms. The Kier molecular flexibility index (Phi) is 7.38. The standard InChI is InChI=1S/C21H24ClF3N2O4S/c1-2-32(29,30)27-13-7-6-10-18(27)19(28)26-16-11-12-17(15-8-4-3-5-9-15)20(22,14-16)31-21(23,24)25/h3-5,8-9,11-12,18H,2,6-7,10,13-14H2,1H3,(H,26,28). The number of piperidine rings is 1. The molecule has 0 aromatic heterocycles. The molecule has 6 nitrogen and oxygen atoms in total. The van der Waals surface area contributed by atoms with Gasteiger partial charge < -0.3 is 5.32 Å². The number of amides is 1. The quantitative estimate of drug-likeness (QED) is 0.605. The number of alkyl halides is 4. The van der Waals surface area contributed by atoms with Crippen molar-refractivity contribution in [3.05, 3.63) is 53.7 Å². The van der Waals surface area contributed by atoms with Crippen LogP contribution in [-0.2, 0) is 19.6 Å². The van der Waals surface area contributed by atoms with Crippen molar-refractivity contribution in [1.29, 1.82) is 0 Å². The zero-order chi connectivity index (χ0) is 23.6. The van der Waals surface area contributed by atoms with Gasteiger partial charge in [-0.25, -0.2) is 8.42 Å². The summed E-state index contributed by atoms with van der Waals surface area (Å²) in [5.41, 5.74) is 0.650. The molecule has 0 radical (unpaired) electrons. The number of sulfonamides is 1. The smallest absolute Gasteiger partial charge is 0.328 e. The summed E-state index contributed by atoms with van der Waals surface area (Å²) >= 11 is 6.34. The van der Waals surface area contributed by atoms with Crippen molar-refractivity contribution >= 4 is 33.1 Å². The molecule has 1 aliphatic heterocycles. The summed E-state index contributed by atoms with van der Waals surface area (Å²) in [5.74, 6) is -0.747. The fraction of sp³-hybridized carbons (Fsp3) is 0.476. The van der Waals surface area contributed by atoms with Crippen molar-refractivity contribution in [3.63, 3.8) is 0 Å². The number of halogens is 4. The monoisotopic (exact) mass is 492 g/mol. The SMILES string of the molecule is CCS(=O)(=O)N1CCCCC1C(=O)NC1=CC=C(c2ccccc2)C(Cl)(OC(F)(F)F)C1. The molecule has 0 spiro atoms. The fourth-order valence-electron chi connectivity index (χ4n) is 3.90. The molecule has 1 heterocycles. The van der Waals surface area contributed by atoms with Gasteiger partial charge in [0.05, 0.1) is 5.75 Å². The van der Waals surface area contributed by atoms with Crippen LogP contribution >= 0.6 is 11.6 Å². The van der Waals surface area contributed by atoms with Crippen molar-refractivity contribution in [2.75, 3.05) is 12.3 Å². The minimum atomic E-state index is -5.02. The molecule has 11 heteroatoms. The minimum absolute atomic E-state index is 0.0999. The molecule has 0 bridgehead atoms. The second-order valence-corrected chi connectivity index (χ2v) is 10.4. The first-order valence-electron chi connectivity index (χ1n) is 10.2. The Bertz CT molecular complexity index is 1010. The number of hydrogen-bond acceptors (Lipinski definition) is 4. The number of carbonyl (C=O) groups is 1. The van der Waals surface area contributed by atoms with E-state index in [0.29, 0.717) is 24.8 Å². The van der Waals surface area contributed by atoms with Gasteiger partial charge in [-0.2, -0.15) is 4.31 Å². The second-order valence-electron chi connectivity index (χ2n) is 7.60. The van der Waals surface area contributed by atoms with E-state index in [1.807, 2.05) is 0 Å². The van der Waals surface area contributed by atoms with Gasteiger partial charge in [0.1, 0.15) is 6.04 Å². The van der Waals surface area contributed by atoms with Gasteiger partial charge in [-0.1, -0.05) is 54.4 Å². The Balaban J connectivity index is 1.87. The first kappa shape index (κ1) is 24.8. The fourth-order valence-corrected chi connectivity index (χ4v) is 5.64. The van der Waals surface area contributed by atoms with Crippen molar-refractivity contribution in [1.82, 2.24) is 9.62 Å². The van der Waals surface area contributed by atoms with E-state index in [-0.39, 0.29) is 23.6 Å². The molecular formula is C21H24ClF3N2O4S. The maximum atomic E-state index is 13.2. The Morgan fingerprint density at radius 2 is 1.94 bits per heavy atom. The highest BCUT2D eigenvalue weighted by molar-refractivity contribution is 7.89. The number of allylic oxidation sites excluding steroid dienone is 2. The van der Waals surface area contributed by atoms with Crippen LogP contribution in [0.15, 0.2) is 48.2 Å². The van der Waals surface area contributed by atoms with Gasteiger partial charge in [-0.15, -0.1) is 13.2 Å². The largest absolute Gasteiger partial charge is 0.524 e. The van der Waals surface area contributed by atoms with Crippen molar-refractivity contribution in [2.24, 2.45) is 0 Å². The van der Waals surface area contributed by atoms with E-state index >= 15 is 0 Å². The maximum Gasteiger partial charge on any atom is 0.524 e. The lowest BCUT2D eigenvalue weighted by molar-refractivity contribution is -0.342. The third kappa shape index (κ3) is 5.72. The third-order valence-electron chi connectivity index (χ3n) is 5.40. The van der Waals surface area contributed by atoms with E-state index in [9.17, 15) is 26.4 Å². The molecule has 0 saturated carbocycles. The molecular weight excluding hydrogens is 469 g/mol. The van der Waals surface area contributed by atoms with Crippen LogP contribution in [0.4, 0.5) is 13.2 Å². The number of nitrogens with one attached hydrogen (secondary N) is 1. The van der Waals surface area contributed by atoms with Gasteiger partial charge in [0.2, 0.25) is 15.9 Å². The van der Waals surface area contributed by atoms with Crippen molar-refractivity contribution in [2.45, 2.75) is 50.1 Å². The normalized spacial score (nSPS) is 25.1. The predicted octanol–water partition coefficient (Wildman–Crippen LogP) is 4.15. The zero-order valence-corrected chi connectivity index (χ0v) is 18.9. The van der Waals surface area contributed by atoms with E-state index in [2.05, 4.69) is 10.1 Å². The molecule has 2 atom stereocenters. The highest BCUT2D eigenvalue weighted by atomic mass is 35.5. The van der Waals surface area contributed by atoms with E-state index < -0.39 is 39.8 Å².